The van der Waals surface area contributed by atoms with E-state index in [1.165, 1.54) is 0 Å². The van der Waals surface area contributed by atoms with Crippen molar-refractivity contribution in [2.75, 3.05) is 25.6 Å². The van der Waals surface area contributed by atoms with Crippen LogP contribution in [0.4, 0.5) is 5.69 Å². The number of ether oxygens (including phenoxy) is 2. The summed E-state index contributed by atoms with van der Waals surface area (Å²) in [5, 5.41) is 5.90. The summed E-state index contributed by atoms with van der Waals surface area (Å²) in [5.74, 6) is 1.55. The van der Waals surface area contributed by atoms with Gasteiger partial charge in [-0.2, -0.15) is 0 Å². The molecule has 0 heterocycles. The average Bonchev–Trinajstić information content (AvgIpc) is 2.77. The van der Waals surface area contributed by atoms with E-state index < -0.39 is 0 Å². The van der Waals surface area contributed by atoms with E-state index in [0.29, 0.717) is 13.2 Å². The van der Waals surface area contributed by atoms with Gasteiger partial charge in [0.1, 0.15) is 18.1 Å². The summed E-state index contributed by atoms with van der Waals surface area (Å²) in [6.45, 7) is 0.867. The third-order valence-corrected chi connectivity index (χ3v) is 5.24. The molecule has 0 unspecified atom stereocenters. The van der Waals surface area contributed by atoms with Crippen molar-refractivity contribution in [2.24, 2.45) is 11.8 Å². The molecule has 1 aliphatic carbocycles. The maximum absolute atomic E-state index is 12.4. The third kappa shape index (κ3) is 6.24. The second-order valence-corrected chi connectivity index (χ2v) is 7.22. The molecule has 3 rings (SSSR count). The first-order valence-electron chi connectivity index (χ1n) is 10.1. The van der Waals surface area contributed by atoms with Crippen LogP contribution in [0.15, 0.2) is 54.6 Å². The Labute approximate surface area is 171 Å². The number of carbonyl (C=O) groups is 2. The first-order valence-corrected chi connectivity index (χ1v) is 10.1. The lowest BCUT2D eigenvalue weighted by Gasteiger charge is -2.27. The zero-order chi connectivity index (χ0) is 20.5. The Morgan fingerprint density at radius 1 is 0.862 bits per heavy atom. The SMILES string of the molecule is COc1ccc(OCCNC(=O)C2CCC(C(=O)Nc3ccccc3)CC2)cc1. The highest BCUT2D eigenvalue weighted by atomic mass is 16.5. The average molecular weight is 396 g/mol. The number of anilines is 1. The standard InChI is InChI=1S/C23H28N2O4/c1-28-20-11-13-21(14-12-20)29-16-15-24-22(26)17-7-9-18(10-8-17)23(27)25-19-5-3-2-4-6-19/h2-6,11-14,17-18H,7-10,15-16H2,1H3,(H,24,26)(H,25,27). The zero-order valence-electron chi connectivity index (χ0n) is 16.7. The largest absolute Gasteiger partial charge is 0.497 e. The van der Waals surface area contributed by atoms with Crippen LogP contribution in [0.3, 0.4) is 0 Å². The maximum atomic E-state index is 12.4. The molecule has 0 bridgehead atoms. The Hall–Kier alpha value is -3.02. The highest BCUT2D eigenvalue weighted by molar-refractivity contribution is 5.92. The Morgan fingerprint density at radius 2 is 1.45 bits per heavy atom. The van der Waals surface area contributed by atoms with Gasteiger partial charge in [0, 0.05) is 17.5 Å². The van der Waals surface area contributed by atoms with Gasteiger partial charge in [0.15, 0.2) is 0 Å². The fourth-order valence-corrected chi connectivity index (χ4v) is 3.54. The Bertz CT molecular complexity index is 784. The van der Waals surface area contributed by atoms with Crippen LogP contribution in [0.1, 0.15) is 25.7 Å². The van der Waals surface area contributed by atoms with Gasteiger partial charge in [0.25, 0.3) is 0 Å². The molecule has 2 aromatic carbocycles. The lowest BCUT2D eigenvalue weighted by Crippen LogP contribution is -2.37. The fourth-order valence-electron chi connectivity index (χ4n) is 3.54. The van der Waals surface area contributed by atoms with Crippen molar-refractivity contribution >= 4 is 17.5 Å². The predicted molar refractivity (Wildman–Crippen MR) is 112 cm³/mol. The van der Waals surface area contributed by atoms with Crippen molar-refractivity contribution in [3.8, 4) is 11.5 Å². The number of nitrogens with one attached hydrogen (secondary N) is 2. The molecule has 6 heteroatoms. The number of carbonyl (C=O) groups excluding carboxylic acids is 2. The summed E-state index contributed by atoms with van der Waals surface area (Å²) in [6, 6.07) is 16.8. The van der Waals surface area contributed by atoms with Crippen LogP contribution in [0.5, 0.6) is 11.5 Å². The molecule has 6 nitrogen and oxygen atoms in total. The molecule has 0 atom stereocenters. The van der Waals surface area contributed by atoms with Crippen LogP contribution in [0.2, 0.25) is 0 Å². The Kier molecular flexibility index (Phi) is 7.50. The van der Waals surface area contributed by atoms with E-state index in [9.17, 15) is 9.59 Å². The van der Waals surface area contributed by atoms with Crippen molar-refractivity contribution in [1.29, 1.82) is 0 Å². The molecule has 1 fully saturated rings. The first kappa shape index (κ1) is 20.7. The Morgan fingerprint density at radius 3 is 2.07 bits per heavy atom. The van der Waals surface area contributed by atoms with E-state index in [1.807, 2.05) is 54.6 Å². The molecule has 1 saturated carbocycles. The lowest BCUT2D eigenvalue weighted by molar-refractivity contribution is -0.128. The van der Waals surface area contributed by atoms with E-state index in [-0.39, 0.29) is 23.7 Å². The minimum Gasteiger partial charge on any atom is -0.497 e. The minimum atomic E-state index is -0.0308. The second kappa shape index (κ2) is 10.5. The molecule has 154 valence electrons. The van der Waals surface area contributed by atoms with Crippen molar-refractivity contribution < 1.29 is 19.1 Å². The third-order valence-electron chi connectivity index (χ3n) is 5.24. The molecular weight excluding hydrogens is 368 g/mol. The van der Waals surface area contributed by atoms with Crippen molar-refractivity contribution in [1.82, 2.24) is 5.32 Å². The number of rotatable bonds is 8. The molecule has 0 saturated heterocycles. The van der Waals surface area contributed by atoms with E-state index in [4.69, 9.17) is 9.47 Å². The lowest BCUT2D eigenvalue weighted by atomic mass is 9.81. The fraction of sp³-hybridized carbons (Fsp3) is 0.391. The summed E-state index contributed by atoms with van der Waals surface area (Å²) >= 11 is 0. The number of para-hydroxylation sites is 1. The van der Waals surface area contributed by atoms with Crippen LogP contribution in [-0.4, -0.2) is 32.1 Å². The molecule has 2 amide bonds. The smallest absolute Gasteiger partial charge is 0.227 e. The number of methoxy groups -OCH3 is 1. The van der Waals surface area contributed by atoms with Gasteiger partial charge in [0.2, 0.25) is 11.8 Å². The molecule has 0 aliphatic heterocycles. The van der Waals surface area contributed by atoms with Gasteiger partial charge in [0.05, 0.1) is 13.7 Å². The molecule has 0 radical (unpaired) electrons. The van der Waals surface area contributed by atoms with E-state index in [0.717, 1.165) is 42.9 Å². The number of amides is 2. The van der Waals surface area contributed by atoms with Crippen LogP contribution >= 0.6 is 0 Å². The van der Waals surface area contributed by atoms with Crippen LogP contribution in [-0.2, 0) is 9.59 Å². The van der Waals surface area contributed by atoms with Gasteiger partial charge in [-0.05, 0) is 62.1 Å². The number of hydrogen-bond acceptors (Lipinski definition) is 4. The maximum Gasteiger partial charge on any atom is 0.227 e. The molecule has 0 aromatic heterocycles. The highest BCUT2D eigenvalue weighted by Crippen LogP contribution is 2.29. The summed E-state index contributed by atoms with van der Waals surface area (Å²) in [6.07, 6.45) is 2.94. The number of benzene rings is 2. The quantitative estimate of drug-likeness (QED) is 0.668. The Balaban J connectivity index is 1.33. The van der Waals surface area contributed by atoms with E-state index >= 15 is 0 Å². The van der Waals surface area contributed by atoms with Crippen LogP contribution < -0.4 is 20.1 Å². The van der Waals surface area contributed by atoms with Gasteiger partial charge in [-0.25, -0.2) is 0 Å². The van der Waals surface area contributed by atoms with E-state index in [2.05, 4.69) is 10.6 Å². The van der Waals surface area contributed by atoms with Gasteiger partial charge in [-0.3, -0.25) is 9.59 Å². The minimum absolute atomic E-state index is 0.0299. The van der Waals surface area contributed by atoms with Crippen LogP contribution in [0, 0.1) is 11.8 Å². The molecule has 29 heavy (non-hydrogen) atoms. The zero-order valence-corrected chi connectivity index (χ0v) is 16.7. The highest BCUT2D eigenvalue weighted by Gasteiger charge is 2.29. The second-order valence-electron chi connectivity index (χ2n) is 7.22. The molecule has 1 aliphatic rings. The van der Waals surface area contributed by atoms with Gasteiger partial charge in [-0.15, -0.1) is 0 Å². The van der Waals surface area contributed by atoms with Crippen LogP contribution in [0.25, 0.3) is 0 Å². The summed E-state index contributed by atoms with van der Waals surface area (Å²) in [7, 11) is 1.62. The van der Waals surface area contributed by atoms with Crippen molar-refractivity contribution in [3.05, 3.63) is 54.6 Å². The summed E-state index contributed by atoms with van der Waals surface area (Å²) in [4.78, 5) is 24.8. The summed E-state index contributed by atoms with van der Waals surface area (Å²) in [5.41, 5.74) is 0.814. The normalized spacial score (nSPS) is 18.5. The predicted octanol–water partition coefficient (Wildman–Crippen LogP) is 3.64. The van der Waals surface area contributed by atoms with Crippen molar-refractivity contribution in [3.63, 3.8) is 0 Å². The monoisotopic (exact) mass is 396 g/mol. The molecule has 2 N–H and O–H groups in total. The van der Waals surface area contributed by atoms with Crippen molar-refractivity contribution in [2.45, 2.75) is 25.7 Å². The molecule has 0 spiro atoms. The van der Waals surface area contributed by atoms with Gasteiger partial charge < -0.3 is 20.1 Å². The van der Waals surface area contributed by atoms with Gasteiger partial charge in [-0.1, -0.05) is 18.2 Å². The van der Waals surface area contributed by atoms with Gasteiger partial charge >= 0.3 is 0 Å². The number of hydrogen-bond donors (Lipinski definition) is 2. The van der Waals surface area contributed by atoms with E-state index in [1.54, 1.807) is 7.11 Å². The molecule has 2 aromatic rings. The summed E-state index contributed by atoms with van der Waals surface area (Å²) < 4.78 is 10.7. The molecular formula is C23H28N2O4. The topological polar surface area (TPSA) is 76.7 Å². The first-order chi connectivity index (χ1) is 14.2.